The molecule has 0 bridgehead atoms. The molecule has 1 aromatic heterocycles. The zero-order valence-electron chi connectivity index (χ0n) is 13.3. The minimum absolute atomic E-state index is 0.00429. The largest absolute Gasteiger partial charge is 0.490 e. The van der Waals surface area contributed by atoms with Crippen LogP contribution < -0.4 is 15.8 Å². The number of carbonyl (C=O) groups excluding carboxylic acids is 1. The van der Waals surface area contributed by atoms with Crippen LogP contribution >= 0.6 is 0 Å². The van der Waals surface area contributed by atoms with Crippen molar-refractivity contribution in [2.45, 2.75) is 19.9 Å². The second kappa shape index (κ2) is 7.97. The van der Waals surface area contributed by atoms with Crippen LogP contribution in [0.25, 0.3) is 0 Å². The van der Waals surface area contributed by atoms with Crippen LogP contribution in [0.1, 0.15) is 28.0 Å². The summed E-state index contributed by atoms with van der Waals surface area (Å²) in [5.74, 6) is 1.72. The van der Waals surface area contributed by atoms with Crippen molar-refractivity contribution in [3.63, 3.8) is 0 Å². The molecule has 3 N–H and O–H groups in total. The van der Waals surface area contributed by atoms with Gasteiger partial charge in [0.15, 0.2) is 11.6 Å². The summed E-state index contributed by atoms with van der Waals surface area (Å²) in [6.07, 6.45) is 5.52. The van der Waals surface area contributed by atoms with Crippen LogP contribution in [0.15, 0.2) is 30.3 Å². The molecule has 0 saturated carbocycles. The Kier molecular flexibility index (Phi) is 5.74. The zero-order valence-corrected chi connectivity index (χ0v) is 13.3. The number of nitrogens with one attached hydrogen (secondary N) is 1. The van der Waals surface area contributed by atoms with E-state index in [0.717, 1.165) is 0 Å². The van der Waals surface area contributed by atoms with Crippen LogP contribution in [0, 0.1) is 25.1 Å². The second-order valence-electron chi connectivity index (χ2n) is 5.10. The summed E-state index contributed by atoms with van der Waals surface area (Å²) in [7, 11) is 0. The van der Waals surface area contributed by atoms with Gasteiger partial charge in [-0.2, -0.15) is 0 Å². The third kappa shape index (κ3) is 4.23. The lowest BCUT2D eigenvalue weighted by atomic mass is 10.1. The maximum atomic E-state index is 14.3. The number of carbonyl (C=O) groups is 1. The molecule has 0 aliphatic rings. The van der Waals surface area contributed by atoms with Crippen LogP contribution in [-0.2, 0) is 6.54 Å². The van der Waals surface area contributed by atoms with Gasteiger partial charge in [0.2, 0.25) is 0 Å². The van der Waals surface area contributed by atoms with Gasteiger partial charge in [-0.1, -0.05) is 12.1 Å². The average molecular weight is 327 g/mol. The number of halogens is 1. The molecule has 0 spiro atoms. The first-order chi connectivity index (χ1) is 11.5. The SMILES string of the molecule is C#CCCOc1cccc(CNC(=O)c2ccc(C)nc2N)c1F. The maximum absolute atomic E-state index is 14.3. The number of nitrogen functional groups attached to an aromatic ring is 1. The van der Waals surface area contributed by atoms with Crippen LogP contribution in [0.4, 0.5) is 10.2 Å². The minimum Gasteiger partial charge on any atom is -0.490 e. The van der Waals surface area contributed by atoms with Gasteiger partial charge in [0.25, 0.3) is 5.91 Å². The summed E-state index contributed by atoms with van der Waals surface area (Å²) in [5, 5.41) is 2.62. The van der Waals surface area contributed by atoms with Gasteiger partial charge >= 0.3 is 0 Å². The monoisotopic (exact) mass is 327 g/mol. The van der Waals surface area contributed by atoms with Crippen molar-refractivity contribution in [2.24, 2.45) is 0 Å². The van der Waals surface area contributed by atoms with Crippen molar-refractivity contribution in [3.8, 4) is 18.1 Å². The lowest BCUT2D eigenvalue weighted by Gasteiger charge is -2.11. The van der Waals surface area contributed by atoms with E-state index < -0.39 is 11.7 Å². The first-order valence-corrected chi connectivity index (χ1v) is 7.38. The van der Waals surface area contributed by atoms with Crippen molar-refractivity contribution in [1.82, 2.24) is 10.3 Å². The Bertz CT molecular complexity index is 784. The van der Waals surface area contributed by atoms with Gasteiger partial charge in [0.05, 0.1) is 12.2 Å². The fourth-order valence-electron chi connectivity index (χ4n) is 2.06. The summed E-state index contributed by atoms with van der Waals surface area (Å²) >= 11 is 0. The Morgan fingerprint density at radius 2 is 2.21 bits per heavy atom. The number of nitrogens with two attached hydrogens (primary N) is 1. The predicted molar refractivity (Wildman–Crippen MR) is 89.9 cm³/mol. The molecule has 0 aliphatic heterocycles. The van der Waals surface area contributed by atoms with Gasteiger partial charge in [0, 0.05) is 24.2 Å². The summed E-state index contributed by atoms with van der Waals surface area (Å²) in [6.45, 7) is 2.01. The van der Waals surface area contributed by atoms with Crippen LogP contribution in [0.3, 0.4) is 0 Å². The Balaban J connectivity index is 2.05. The second-order valence-corrected chi connectivity index (χ2v) is 5.10. The highest BCUT2D eigenvalue weighted by Gasteiger charge is 2.13. The van der Waals surface area contributed by atoms with Crippen molar-refractivity contribution < 1.29 is 13.9 Å². The molecule has 0 atom stereocenters. The number of pyridine rings is 1. The molecule has 0 unspecified atom stereocenters. The Labute approximate surface area is 140 Å². The number of amides is 1. The first kappa shape index (κ1) is 17.3. The minimum atomic E-state index is -0.523. The molecule has 0 fully saturated rings. The molecule has 0 saturated heterocycles. The molecule has 2 rings (SSSR count). The van der Waals surface area contributed by atoms with E-state index in [-0.39, 0.29) is 30.3 Å². The van der Waals surface area contributed by atoms with Crippen LogP contribution in [0.2, 0.25) is 0 Å². The van der Waals surface area contributed by atoms with Crippen molar-refractivity contribution in [3.05, 3.63) is 53.0 Å². The van der Waals surface area contributed by atoms with E-state index in [1.54, 1.807) is 31.2 Å². The van der Waals surface area contributed by atoms with Crippen molar-refractivity contribution >= 4 is 11.7 Å². The van der Waals surface area contributed by atoms with Crippen molar-refractivity contribution in [1.29, 1.82) is 0 Å². The standard InChI is InChI=1S/C18H18FN3O2/c1-3-4-10-24-15-7-5-6-13(16(15)19)11-21-18(23)14-9-8-12(2)22-17(14)20/h1,5-9H,4,10-11H2,2H3,(H2,20,22)(H,21,23). The molecular weight excluding hydrogens is 309 g/mol. The molecule has 1 aromatic carbocycles. The third-order valence-electron chi connectivity index (χ3n) is 3.30. The van der Waals surface area contributed by atoms with E-state index >= 15 is 0 Å². The Morgan fingerprint density at radius 1 is 1.42 bits per heavy atom. The highest BCUT2D eigenvalue weighted by atomic mass is 19.1. The smallest absolute Gasteiger partial charge is 0.255 e. The molecular formula is C18H18FN3O2. The van der Waals surface area contributed by atoms with Gasteiger partial charge in [-0.15, -0.1) is 12.3 Å². The fraction of sp³-hybridized carbons (Fsp3) is 0.222. The normalized spacial score (nSPS) is 10.0. The van der Waals surface area contributed by atoms with E-state index in [4.69, 9.17) is 16.9 Å². The summed E-state index contributed by atoms with van der Waals surface area (Å²) in [5.41, 5.74) is 7.00. The topological polar surface area (TPSA) is 77.2 Å². The molecule has 6 heteroatoms. The molecule has 5 nitrogen and oxygen atoms in total. The van der Waals surface area contributed by atoms with Crippen molar-refractivity contribution in [2.75, 3.05) is 12.3 Å². The van der Waals surface area contributed by atoms with Gasteiger partial charge in [-0.25, -0.2) is 9.37 Å². The van der Waals surface area contributed by atoms with Crippen LogP contribution in [0.5, 0.6) is 5.75 Å². The summed E-state index contributed by atoms with van der Waals surface area (Å²) in [6, 6.07) is 8.01. The average Bonchev–Trinajstić information content (AvgIpc) is 2.55. The Hall–Kier alpha value is -3.07. The lowest BCUT2D eigenvalue weighted by Crippen LogP contribution is -2.24. The highest BCUT2D eigenvalue weighted by Crippen LogP contribution is 2.21. The number of hydrogen-bond donors (Lipinski definition) is 2. The molecule has 24 heavy (non-hydrogen) atoms. The fourth-order valence-corrected chi connectivity index (χ4v) is 2.06. The molecule has 2 aromatic rings. The molecule has 1 heterocycles. The number of hydrogen-bond acceptors (Lipinski definition) is 4. The molecule has 124 valence electrons. The van der Waals surface area contributed by atoms with E-state index in [0.29, 0.717) is 17.7 Å². The predicted octanol–water partition coefficient (Wildman–Crippen LogP) is 2.44. The third-order valence-corrected chi connectivity index (χ3v) is 3.30. The van der Waals surface area contributed by atoms with E-state index in [1.807, 2.05) is 0 Å². The molecule has 1 amide bonds. The molecule has 0 radical (unpaired) electrons. The molecule has 0 aliphatic carbocycles. The van der Waals surface area contributed by atoms with Gasteiger partial charge in [-0.05, 0) is 25.1 Å². The van der Waals surface area contributed by atoms with E-state index in [9.17, 15) is 9.18 Å². The number of ether oxygens (including phenoxy) is 1. The quantitative estimate of drug-likeness (QED) is 0.631. The van der Waals surface area contributed by atoms with Gasteiger partial charge < -0.3 is 15.8 Å². The maximum Gasteiger partial charge on any atom is 0.255 e. The number of rotatable bonds is 6. The number of aromatic nitrogens is 1. The first-order valence-electron chi connectivity index (χ1n) is 7.38. The summed E-state index contributed by atoms with van der Waals surface area (Å²) in [4.78, 5) is 16.2. The number of benzene rings is 1. The summed E-state index contributed by atoms with van der Waals surface area (Å²) < 4.78 is 19.6. The zero-order chi connectivity index (χ0) is 17.5. The number of aryl methyl sites for hydroxylation is 1. The Morgan fingerprint density at radius 3 is 2.92 bits per heavy atom. The van der Waals surface area contributed by atoms with E-state index in [1.165, 1.54) is 6.07 Å². The number of anilines is 1. The van der Waals surface area contributed by atoms with Gasteiger partial charge in [-0.3, -0.25) is 4.79 Å². The van der Waals surface area contributed by atoms with Gasteiger partial charge in [0.1, 0.15) is 5.82 Å². The lowest BCUT2D eigenvalue weighted by molar-refractivity contribution is 0.0951. The number of nitrogens with zero attached hydrogens (tertiary/aromatic N) is 1. The van der Waals surface area contributed by atoms with Crippen LogP contribution in [-0.4, -0.2) is 17.5 Å². The van der Waals surface area contributed by atoms with E-state index in [2.05, 4.69) is 16.2 Å². The highest BCUT2D eigenvalue weighted by molar-refractivity contribution is 5.98. The number of terminal acetylenes is 1.